The van der Waals surface area contributed by atoms with Gasteiger partial charge in [-0.05, 0) is 26.0 Å². The first-order valence-electron chi connectivity index (χ1n) is 6.13. The Morgan fingerprint density at radius 1 is 1.31 bits per heavy atom. The minimum Gasteiger partial charge on any atom is -0.357 e. The highest BCUT2D eigenvalue weighted by Crippen LogP contribution is 2.18. The van der Waals surface area contributed by atoms with Gasteiger partial charge in [-0.1, -0.05) is 33.3 Å². The fourth-order valence-corrected chi connectivity index (χ4v) is 1.85. The van der Waals surface area contributed by atoms with Crippen molar-refractivity contribution in [2.45, 2.75) is 46.5 Å². The molecule has 0 aliphatic heterocycles. The average Bonchev–Trinajstić information content (AvgIpc) is 2.27. The number of rotatable bonds is 8. The van der Waals surface area contributed by atoms with Gasteiger partial charge in [0.25, 0.3) is 0 Å². The summed E-state index contributed by atoms with van der Waals surface area (Å²) in [6, 6.07) is 0. The summed E-state index contributed by atoms with van der Waals surface area (Å²) < 4.78 is 0. The number of carbonyl (C=O) groups excluding carboxylic acids is 1. The summed E-state index contributed by atoms with van der Waals surface area (Å²) in [6.07, 6.45) is 7.69. The van der Waals surface area contributed by atoms with E-state index in [1.807, 2.05) is 25.1 Å². The van der Waals surface area contributed by atoms with E-state index in [0.29, 0.717) is 0 Å². The van der Waals surface area contributed by atoms with E-state index in [-0.39, 0.29) is 11.7 Å². The molecule has 0 bridgehead atoms. The minimum absolute atomic E-state index is 0.199. The molecule has 0 aromatic heterocycles. The maximum Gasteiger partial charge on any atom is 0.163 e. The number of Topliss-reactive ketones (excluding diaryl/α,β-unsaturated/α-hetero) is 1. The van der Waals surface area contributed by atoms with Crippen molar-refractivity contribution in [2.75, 3.05) is 7.05 Å². The van der Waals surface area contributed by atoms with E-state index < -0.39 is 0 Å². The van der Waals surface area contributed by atoms with Crippen LogP contribution >= 0.6 is 0 Å². The van der Waals surface area contributed by atoms with E-state index in [4.69, 9.17) is 0 Å². The Kier molecular flexibility index (Phi) is 7.61. The molecule has 0 amide bonds. The maximum absolute atomic E-state index is 12.1. The Morgan fingerprint density at radius 2 is 1.81 bits per heavy atom. The molecule has 0 N–H and O–H groups in total. The van der Waals surface area contributed by atoms with Crippen molar-refractivity contribution in [3.8, 4) is 0 Å². The monoisotopic (exact) mass is 223 g/mol. The first-order chi connectivity index (χ1) is 7.56. The highest BCUT2D eigenvalue weighted by atomic mass is 16.1. The second-order valence-corrected chi connectivity index (χ2v) is 4.30. The quantitative estimate of drug-likeness (QED) is 0.584. The van der Waals surface area contributed by atoms with Crippen molar-refractivity contribution < 1.29 is 4.79 Å². The molecule has 0 aromatic rings. The normalized spacial score (nSPS) is 11.7. The van der Waals surface area contributed by atoms with Gasteiger partial charge in [0.2, 0.25) is 0 Å². The van der Waals surface area contributed by atoms with Crippen molar-refractivity contribution in [1.29, 1.82) is 0 Å². The SMILES string of the molecule is C=CN(C)/C=C(\C)C(=O)C(CCC)CCC. The molecule has 0 radical (unpaired) electrons. The lowest BCUT2D eigenvalue weighted by molar-refractivity contribution is -0.119. The maximum atomic E-state index is 12.1. The zero-order valence-corrected chi connectivity index (χ0v) is 11.1. The fraction of sp³-hybridized carbons (Fsp3) is 0.643. The lowest BCUT2D eigenvalue weighted by atomic mass is 9.90. The van der Waals surface area contributed by atoms with Gasteiger partial charge in [-0.3, -0.25) is 4.79 Å². The molecule has 2 heteroatoms. The van der Waals surface area contributed by atoms with Gasteiger partial charge in [-0.2, -0.15) is 0 Å². The van der Waals surface area contributed by atoms with Crippen LogP contribution in [0.15, 0.2) is 24.6 Å². The second-order valence-electron chi connectivity index (χ2n) is 4.30. The average molecular weight is 223 g/mol. The molecule has 92 valence electrons. The topological polar surface area (TPSA) is 20.3 Å². The molecule has 0 atom stereocenters. The van der Waals surface area contributed by atoms with Crippen molar-refractivity contribution in [3.63, 3.8) is 0 Å². The molecule has 2 nitrogen and oxygen atoms in total. The molecule has 0 spiro atoms. The van der Waals surface area contributed by atoms with Crippen molar-refractivity contribution in [3.05, 3.63) is 24.6 Å². The van der Waals surface area contributed by atoms with Crippen molar-refractivity contribution in [1.82, 2.24) is 4.90 Å². The Labute approximate surface area is 100 Å². The molecule has 0 fully saturated rings. The lowest BCUT2D eigenvalue weighted by Crippen LogP contribution is -2.17. The van der Waals surface area contributed by atoms with E-state index in [0.717, 1.165) is 31.3 Å². The summed E-state index contributed by atoms with van der Waals surface area (Å²) in [6.45, 7) is 9.81. The molecule has 0 saturated heterocycles. The van der Waals surface area contributed by atoms with E-state index in [2.05, 4.69) is 20.4 Å². The van der Waals surface area contributed by atoms with E-state index in [1.54, 1.807) is 6.20 Å². The van der Waals surface area contributed by atoms with E-state index in [9.17, 15) is 4.79 Å². The highest BCUT2D eigenvalue weighted by Gasteiger charge is 2.17. The van der Waals surface area contributed by atoms with Gasteiger partial charge >= 0.3 is 0 Å². The Morgan fingerprint density at radius 3 is 2.19 bits per heavy atom. The third-order valence-electron chi connectivity index (χ3n) is 2.72. The van der Waals surface area contributed by atoms with Gasteiger partial charge in [0.05, 0.1) is 0 Å². The smallest absolute Gasteiger partial charge is 0.163 e. The van der Waals surface area contributed by atoms with Gasteiger partial charge in [-0.15, -0.1) is 0 Å². The summed E-state index contributed by atoms with van der Waals surface area (Å²) in [7, 11) is 1.89. The Hall–Kier alpha value is -1.05. The molecule has 16 heavy (non-hydrogen) atoms. The number of nitrogens with zero attached hydrogens (tertiary/aromatic N) is 1. The predicted octanol–water partition coefficient (Wildman–Crippen LogP) is 3.75. The molecule has 0 aliphatic carbocycles. The highest BCUT2D eigenvalue weighted by molar-refractivity contribution is 5.96. The lowest BCUT2D eigenvalue weighted by Gasteiger charge is -2.15. The van der Waals surface area contributed by atoms with Crippen LogP contribution in [0.4, 0.5) is 0 Å². The molecular weight excluding hydrogens is 198 g/mol. The predicted molar refractivity (Wildman–Crippen MR) is 70.0 cm³/mol. The van der Waals surface area contributed by atoms with Crippen LogP contribution < -0.4 is 0 Å². The number of hydrogen-bond acceptors (Lipinski definition) is 2. The third-order valence-corrected chi connectivity index (χ3v) is 2.72. The molecular formula is C14H25NO. The van der Waals surface area contributed by atoms with Crippen LogP contribution in [0.2, 0.25) is 0 Å². The first kappa shape index (κ1) is 14.9. The molecule has 0 aliphatic rings. The zero-order valence-electron chi connectivity index (χ0n) is 11.1. The van der Waals surface area contributed by atoms with Crippen LogP contribution in [0.5, 0.6) is 0 Å². The summed E-state index contributed by atoms with van der Waals surface area (Å²) in [5.41, 5.74) is 0.828. The minimum atomic E-state index is 0.199. The summed E-state index contributed by atoms with van der Waals surface area (Å²) in [5, 5.41) is 0. The number of allylic oxidation sites excluding steroid dienone is 1. The van der Waals surface area contributed by atoms with Gasteiger partial charge < -0.3 is 4.90 Å². The summed E-state index contributed by atoms with van der Waals surface area (Å²) in [4.78, 5) is 14.0. The van der Waals surface area contributed by atoms with Crippen molar-refractivity contribution in [2.24, 2.45) is 5.92 Å². The van der Waals surface area contributed by atoms with Crippen LogP contribution in [0, 0.1) is 5.92 Å². The van der Waals surface area contributed by atoms with Crippen LogP contribution in [0.25, 0.3) is 0 Å². The molecule has 0 aromatic carbocycles. The van der Waals surface area contributed by atoms with Crippen LogP contribution in [0.1, 0.15) is 46.5 Å². The van der Waals surface area contributed by atoms with Crippen LogP contribution in [0.3, 0.4) is 0 Å². The van der Waals surface area contributed by atoms with Crippen LogP contribution in [-0.2, 0) is 4.79 Å². The van der Waals surface area contributed by atoms with Crippen LogP contribution in [-0.4, -0.2) is 17.7 Å². The van der Waals surface area contributed by atoms with Gasteiger partial charge in [0, 0.05) is 24.7 Å². The molecule has 0 unspecified atom stereocenters. The second kappa shape index (κ2) is 8.14. The molecule has 0 heterocycles. The zero-order chi connectivity index (χ0) is 12.6. The van der Waals surface area contributed by atoms with E-state index in [1.165, 1.54) is 0 Å². The molecule has 0 saturated carbocycles. The number of hydrogen-bond donors (Lipinski definition) is 0. The van der Waals surface area contributed by atoms with Gasteiger partial charge in [0.15, 0.2) is 5.78 Å². The third kappa shape index (κ3) is 5.15. The molecule has 0 rings (SSSR count). The standard InChI is InChI=1S/C14H25NO/c1-6-9-13(10-7-2)14(16)12(4)11-15(5)8-3/h8,11,13H,3,6-7,9-10H2,1-2,4-5H3/b12-11+. The summed E-state index contributed by atoms with van der Waals surface area (Å²) >= 11 is 0. The van der Waals surface area contributed by atoms with Gasteiger partial charge in [0.1, 0.15) is 0 Å². The van der Waals surface area contributed by atoms with Crippen molar-refractivity contribution >= 4 is 5.78 Å². The Balaban J connectivity index is 4.58. The fourth-order valence-electron chi connectivity index (χ4n) is 1.85. The first-order valence-corrected chi connectivity index (χ1v) is 6.13. The number of ketones is 1. The number of carbonyl (C=O) groups is 1. The summed E-state index contributed by atoms with van der Waals surface area (Å²) in [5.74, 6) is 0.488. The largest absolute Gasteiger partial charge is 0.357 e. The van der Waals surface area contributed by atoms with E-state index >= 15 is 0 Å². The Bertz CT molecular complexity index is 249. The van der Waals surface area contributed by atoms with Gasteiger partial charge in [-0.25, -0.2) is 0 Å².